The number of nitrogens with one attached hydrogen (secondary N) is 1. The van der Waals surface area contributed by atoms with Crippen molar-refractivity contribution in [2.45, 2.75) is 45.3 Å². The zero-order valence-corrected chi connectivity index (χ0v) is 15.3. The van der Waals surface area contributed by atoms with Crippen LogP contribution in [-0.2, 0) is 17.5 Å². The fourth-order valence-electron chi connectivity index (χ4n) is 2.32. The lowest BCUT2D eigenvalue weighted by molar-refractivity contribution is -0.142. The predicted molar refractivity (Wildman–Crippen MR) is 87.1 cm³/mol. The molecular weight excluding hydrogens is 409 g/mol. The highest BCUT2D eigenvalue weighted by molar-refractivity contribution is 9.10. The molecule has 5 nitrogen and oxygen atoms in total. The number of anilines is 1. The van der Waals surface area contributed by atoms with Crippen molar-refractivity contribution >= 4 is 38.3 Å². The maximum atomic E-state index is 13.0. The molecule has 1 aliphatic rings. The Bertz CT molecular complexity index is 775. The molecule has 10 heteroatoms. The molecule has 1 aliphatic carbocycles. The van der Waals surface area contributed by atoms with Crippen molar-refractivity contribution in [1.29, 1.82) is 0 Å². The van der Waals surface area contributed by atoms with E-state index in [1.165, 1.54) is 11.3 Å². The number of rotatable bonds is 4. The molecule has 1 N–H and O–H groups in total. The van der Waals surface area contributed by atoms with Crippen molar-refractivity contribution in [2.24, 2.45) is 0 Å². The summed E-state index contributed by atoms with van der Waals surface area (Å²) in [4.78, 5) is 17.3. The first kappa shape index (κ1) is 17.4. The Kier molecular flexibility index (Phi) is 4.45. The number of hydrogen-bond acceptors (Lipinski definition) is 4. The highest BCUT2D eigenvalue weighted by Crippen LogP contribution is 2.46. The monoisotopic (exact) mass is 422 g/mol. The number of hydrogen-bond donors (Lipinski definition) is 1. The summed E-state index contributed by atoms with van der Waals surface area (Å²) >= 11 is 4.33. The van der Waals surface area contributed by atoms with E-state index in [0.29, 0.717) is 10.8 Å². The van der Waals surface area contributed by atoms with Crippen LogP contribution in [0.25, 0.3) is 0 Å². The van der Waals surface area contributed by atoms with Crippen molar-refractivity contribution in [1.82, 2.24) is 14.8 Å². The average molecular weight is 423 g/mol. The molecule has 1 fully saturated rings. The van der Waals surface area contributed by atoms with Crippen LogP contribution in [0.3, 0.4) is 0 Å². The summed E-state index contributed by atoms with van der Waals surface area (Å²) in [6, 6.07) is 0. The molecule has 0 aliphatic heterocycles. The van der Waals surface area contributed by atoms with Gasteiger partial charge in [0.15, 0.2) is 10.8 Å². The van der Waals surface area contributed by atoms with Crippen LogP contribution in [0.1, 0.15) is 40.7 Å². The molecule has 2 aromatic rings. The Balaban J connectivity index is 1.82. The maximum Gasteiger partial charge on any atom is 0.436 e. The van der Waals surface area contributed by atoms with Crippen LogP contribution in [0.4, 0.5) is 18.3 Å². The van der Waals surface area contributed by atoms with Gasteiger partial charge in [-0.1, -0.05) is 0 Å². The molecule has 0 atom stereocenters. The van der Waals surface area contributed by atoms with E-state index < -0.39 is 17.8 Å². The molecule has 2 aromatic heterocycles. The topological polar surface area (TPSA) is 59.8 Å². The smallest absolute Gasteiger partial charge is 0.300 e. The molecule has 1 saturated carbocycles. The average Bonchev–Trinajstić information content (AvgIpc) is 3.15. The van der Waals surface area contributed by atoms with Gasteiger partial charge in [-0.25, -0.2) is 4.98 Å². The fraction of sp³-hybridized carbons (Fsp3) is 0.500. The van der Waals surface area contributed by atoms with Crippen LogP contribution in [0.15, 0.2) is 4.47 Å². The molecule has 24 heavy (non-hydrogen) atoms. The normalized spacial score (nSPS) is 14.9. The van der Waals surface area contributed by atoms with Crippen LogP contribution in [0.2, 0.25) is 0 Å². The van der Waals surface area contributed by atoms with Crippen LogP contribution in [-0.4, -0.2) is 20.7 Å². The second-order valence-electron chi connectivity index (χ2n) is 5.69. The maximum absolute atomic E-state index is 13.0. The summed E-state index contributed by atoms with van der Waals surface area (Å²) in [5, 5.41) is 6.67. The lowest BCUT2D eigenvalue weighted by Crippen LogP contribution is -2.21. The summed E-state index contributed by atoms with van der Waals surface area (Å²) < 4.78 is 40.2. The minimum atomic E-state index is -4.56. The van der Waals surface area contributed by atoms with Gasteiger partial charge in [-0.3, -0.25) is 9.48 Å². The number of nitrogens with zero attached hydrogens (tertiary/aromatic N) is 3. The van der Waals surface area contributed by atoms with Crippen molar-refractivity contribution in [3.05, 3.63) is 26.4 Å². The lowest BCUT2D eigenvalue weighted by atomic mass is 10.2. The Morgan fingerprint density at radius 1 is 1.42 bits per heavy atom. The summed E-state index contributed by atoms with van der Waals surface area (Å²) in [6.45, 7) is 3.43. The number of halogens is 4. The SMILES string of the molecule is Cc1nc(NC(=O)Cn2nc(C(F)(F)F)c(Br)c2C2CC2)sc1C. The molecule has 3 rings (SSSR count). The number of carbonyl (C=O) groups is 1. The van der Waals surface area contributed by atoms with Gasteiger partial charge in [-0.05, 0) is 42.6 Å². The summed E-state index contributed by atoms with van der Waals surface area (Å²) in [6.07, 6.45) is -2.96. The molecule has 0 spiro atoms. The standard InChI is InChI=1S/C14H14BrF3N4OS/c1-6-7(2)24-13(19-6)20-9(23)5-22-11(8-3-4-8)10(15)12(21-22)14(16,17)18/h8H,3-5H2,1-2H3,(H,19,20,23). The van der Waals surface area contributed by atoms with E-state index in [1.807, 2.05) is 13.8 Å². The van der Waals surface area contributed by atoms with Crippen molar-refractivity contribution in [3.63, 3.8) is 0 Å². The lowest BCUT2D eigenvalue weighted by Gasteiger charge is -2.06. The molecule has 1 amide bonds. The van der Waals surface area contributed by atoms with Crippen LogP contribution >= 0.6 is 27.3 Å². The van der Waals surface area contributed by atoms with Gasteiger partial charge in [-0.15, -0.1) is 11.3 Å². The van der Waals surface area contributed by atoms with E-state index in [0.717, 1.165) is 28.1 Å². The summed E-state index contributed by atoms with van der Waals surface area (Å²) in [5.41, 5.74) is 0.261. The molecule has 0 unspecified atom stereocenters. The van der Waals surface area contributed by atoms with E-state index >= 15 is 0 Å². The van der Waals surface area contributed by atoms with Crippen molar-refractivity contribution < 1.29 is 18.0 Å². The van der Waals surface area contributed by atoms with E-state index in [9.17, 15) is 18.0 Å². The largest absolute Gasteiger partial charge is 0.436 e. The second kappa shape index (κ2) is 6.14. The van der Waals surface area contributed by atoms with E-state index in [2.05, 4.69) is 31.3 Å². The number of amides is 1. The summed E-state index contributed by atoms with van der Waals surface area (Å²) in [7, 11) is 0. The Hall–Kier alpha value is -1.42. The van der Waals surface area contributed by atoms with Gasteiger partial charge in [0.1, 0.15) is 6.54 Å². The van der Waals surface area contributed by atoms with E-state index in [1.54, 1.807) is 0 Å². The third-order valence-corrected chi connectivity index (χ3v) is 5.50. The second-order valence-corrected chi connectivity index (χ2v) is 7.68. The zero-order chi connectivity index (χ0) is 17.6. The minimum Gasteiger partial charge on any atom is -0.300 e. The van der Waals surface area contributed by atoms with E-state index in [-0.39, 0.29) is 16.9 Å². The van der Waals surface area contributed by atoms with Gasteiger partial charge in [0.05, 0.1) is 15.9 Å². The first-order valence-electron chi connectivity index (χ1n) is 7.24. The molecule has 0 bridgehead atoms. The van der Waals surface area contributed by atoms with Crippen molar-refractivity contribution in [3.8, 4) is 0 Å². The Labute approximate surface area is 148 Å². The van der Waals surface area contributed by atoms with Crippen molar-refractivity contribution in [2.75, 3.05) is 5.32 Å². The predicted octanol–water partition coefficient (Wildman–Crippen LogP) is 4.25. The molecular formula is C14H14BrF3N4OS. The zero-order valence-electron chi connectivity index (χ0n) is 12.9. The van der Waals surface area contributed by atoms with Crippen LogP contribution < -0.4 is 5.32 Å². The molecule has 2 heterocycles. The third-order valence-electron chi connectivity index (χ3n) is 3.73. The minimum absolute atomic E-state index is 0.0140. The molecule has 0 radical (unpaired) electrons. The number of carbonyl (C=O) groups excluding carboxylic acids is 1. The van der Waals surface area contributed by atoms with Gasteiger partial charge < -0.3 is 5.32 Å². The first-order chi connectivity index (χ1) is 11.2. The van der Waals surface area contributed by atoms with Gasteiger partial charge >= 0.3 is 6.18 Å². The number of thiazole rings is 1. The quantitative estimate of drug-likeness (QED) is 0.800. The first-order valence-corrected chi connectivity index (χ1v) is 8.85. The highest BCUT2D eigenvalue weighted by atomic mass is 79.9. The number of aryl methyl sites for hydroxylation is 2. The van der Waals surface area contributed by atoms with Crippen LogP contribution in [0, 0.1) is 13.8 Å². The third kappa shape index (κ3) is 3.49. The molecule has 0 saturated heterocycles. The van der Waals surface area contributed by atoms with E-state index in [4.69, 9.17) is 0 Å². The van der Waals surface area contributed by atoms with Gasteiger partial charge in [0.25, 0.3) is 0 Å². The number of aromatic nitrogens is 3. The van der Waals surface area contributed by atoms with Gasteiger partial charge in [-0.2, -0.15) is 18.3 Å². The Morgan fingerprint density at radius 2 is 2.08 bits per heavy atom. The molecule has 0 aromatic carbocycles. The molecule has 130 valence electrons. The highest BCUT2D eigenvalue weighted by Gasteiger charge is 2.41. The van der Waals surface area contributed by atoms with Gasteiger partial charge in [0, 0.05) is 10.8 Å². The fourth-order valence-corrected chi connectivity index (χ4v) is 3.99. The van der Waals surface area contributed by atoms with Gasteiger partial charge in [0.2, 0.25) is 5.91 Å². The van der Waals surface area contributed by atoms with Crippen LogP contribution in [0.5, 0.6) is 0 Å². The summed E-state index contributed by atoms with van der Waals surface area (Å²) in [5.74, 6) is -0.436. The Morgan fingerprint density at radius 3 is 2.58 bits per heavy atom. The number of alkyl halides is 3.